The first kappa shape index (κ1) is 38.2. The Morgan fingerprint density at radius 2 is 0.925 bits per heavy atom. The third kappa shape index (κ3) is 27.7. The topological polar surface area (TPSA) is 111 Å². The largest absolute Gasteiger partial charge is 0.462 e. The lowest BCUT2D eigenvalue weighted by molar-refractivity contribution is -0.161. The molecular weight excluding hydrogens is 510 g/mol. The SMILES string of the molecule is CCCCCCCCCCCCCC(=O)OCC(COC(=O)NCO)OC(=O)CCCCCCCCCCCC. The number of aliphatic hydroxyl groups excluding tert-OH is 1. The van der Waals surface area contributed by atoms with E-state index < -0.39 is 24.9 Å². The first-order valence-corrected chi connectivity index (χ1v) is 16.4. The number of carbonyl (C=O) groups is 3. The number of unbranched alkanes of at least 4 members (excludes halogenated alkanes) is 19. The number of nitrogens with one attached hydrogen (secondary N) is 1. The minimum atomic E-state index is -0.874. The lowest BCUT2D eigenvalue weighted by atomic mass is 10.1. The molecule has 0 heterocycles. The molecule has 0 rings (SSSR count). The van der Waals surface area contributed by atoms with Crippen LogP contribution < -0.4 is 5.32 Å². The summed E-state index contributed by atoms with van der Waals surface area (Å²) < 4.78 is 15.7. The van der Waals surface area contributed by atoms with E-state index in [-0.39, 0.29) is 25.6 Å². The molecule has 40 heavy (non-hydrogen) atoms. The fourth-order valence-electron chi connectivity index (χ4n) is 4.59. The van der Waals surface area contributed by atoms with Crippen LogP contribution in [0.5, 0.6) is 0 Å². The lowest BCUT2D eigenvalue weighted by Gasteiger charge is -2.18. The highest BCUT2D eigenvalue weighted by atomic mass is 16.6. The molecule has 0 aromatic carbocycles. The van der Waals surface area contributed by atoms with Gasteiger partial charge in [-0.3, -0.25) is 14.9 Å². The average molecular weight is 572 g/mol. The maximum absolute atomic E-state index is 12.3. The molecule has 0 aliphatic rings. The maximum Gasteiger partial charge on any atom is 0.409 e. The van der Waals surface area contributed by atoms with Gasteiger partial charge in [-0.1, -0.05) is 136 Å². The standard InChI is InChI=1S/C32H61NO7/c1-3-5-7-9-11-13-15-17-18-20-22-24-30(35)38-26-29(27-39-32(37)33-28-34)40-31(36)25-23-21-19-16-14-12-10-8-6-4-2/h29,34H,3-28H2,1-2H3,(H,33,37). The number of amides is 1. The van der Waals surface area contributed by atoms with E-state index in [0.29, 0.717) is 6.42 Å². The summed E-state index contributed by atoms with van der Waals surface area (Å²) in [6.45, 7) is 3.49. The van der Waals surface area contributed by atoms with Crippen LogP contribution in [0.25, 0.3) is 0 Å². The van der Waals surface area contributed by atoms with E-state index in [4.69, 9.17) is 19.3 Å². The van der Waals surface area contributed by atoms with Crippen molar-refractivity contribution in [3.05, 3.63) is 0 Å². The van der Waals surface area contributed by atoms with Gasteiger partial charge in [-0.05, 0) is 12.8 Å². The summed E-state index contributed by atoms with van der Waals surface area (Å²) in [5.41, 5.74) is 0. The molecule has 0 saturated heterocycles. The summed E-state index contributed by atoms with van der Waals surface area (Å²) in [5, 5.41) is 10.9. The second-order valence-corrected chi connectivity index (χ2v) is 10.9. The van der Waals surface area contributed by atoms with Crippen molar-refractivity contribution in [2.24, 2.45) is 0 Å². The number of alkyl carbamates (subject to hydrolysis) is 1. The molecule has 0 bridgehead atoms. The Balaban J connectivity index is 4.08. The van der Waals surface area contributed by atoms with Gasteiger partial charge >= 0.3 is 18.0 Å². The summed E-state index contributed by atoms with van der Waals surface area (Å²) in [4.78, 5) is 36.0. The van der Waals surface area contributed by atoms with Crippen LogP contribution in [-0.4, -0.2) is 49.2 Å². The zero-order valence-electron chi connectivity index (χ0n) is 25.9. The van der Waals surface area contributed by atoms with Gasteiger partial charge in [0.05, 0.1) is 0 Å². The minimum Gasteiger partial charge on any atom is -0.462 e. The molecule has 0 saturated carbocycles. The highest BCUT2D eigenvalue weighted by molar-refractivity contribution is 5.70. The smallest absolute Gasteiger partial charge is 0.409 e. The monoisotopic (exact) mass is 571 g/mol. The van der Waals surface area contributed by atoms with Gasteiger partial charge in [-0.15, -0.1) is 0 Å². The number of ether oxygens (including phenoxy) is 3. The second kappa shape index (κ2) is 30.1. The fraction of sp³-hybridized carbons (Fsp3) is 0.906. The van der Waals surface area contributed by atoms with Crippen molar-refractivity contribution in [1.29, 1.82) is 0 Å². The Kier molecular flexibility index (Phi) is 28.8. The first-order chi connectivity index (χ1) is 19.5. The lowest BCUT2D eigenvalue weighted by Crippen LogP contribution is -2.33. The van der Waals surface area contributed by atoms with E-state index in [0.717, 1.165) is 38.5 Å². The predicted octanol–water partition coefficient (Wildman–Crippen LogP) is 8.13. The molecule has 1 atom stereocenters. The van der Waals surface area contributed by atoms with Crippen LogP contribution >= 0.6 is 0 Å². The van der Waals surface area contributed by atoms with Crippen LogP contribution in [0, 0.1) is 0 Å². The molecule has 0 aliphatic heterocycles. The third-order valence-corrected chi connectivity index (χ3v) is 7.07. The van der Waals surface area contributed by atoms with Crippen molar-refractivity contribution in [2.75, 3.05) is 19.9 Å². The number of hydrogen-bond acceptors (Lipinski definition) is 7. The van der Waals surface area contributed by atoms with Crippen LogP contribution in [-0.2, 0) is 23.8 Å². The van der Waals surface area contributed by atoms with Crippen molar-refractivity contribution in [3.63, 3.8) is 0 Å². The van der Waals surface area contributed by atoms with Gasteiger partial charge in [-0.25, -0.2) is 4.79 Å². The molecule has 1 amide bonds. The van der Waals surface area contributed by atoms with Gasteiger partial charge in [0.1, 0.15) is 19.9 Å². The Bertz CT molecular complexity index is 600. The zero-order chi connectivity index (χ0) is 29.5. The third-order valence-electron chi connectivity index (χ3n) is 7.07. The van der Waals surface area contributed by atoms with Gasteiger partial charge in [0.15, 0.2) is 6.10 Å². The molecule has 0 fully saturated rings. The van der Waals surface area contributed by atoms with Crippen LogP contribution in [0.4, 0.5) is 4.79 Å². The summed E-state index contributed by atoms with van der Waals surface area (Å²) in [5.74, 6) is -0.733. The first-order valence-electron chi connectivity index (χ1n) is 16.4. The molecular formula is C32H61NO7. The summed E-state index contributed by atoms with van der Waals surface area (Å²) in [7, 11) is 0. The number of esters is 2. The van der Waals surface area contributed by atoms with Gasteiger partial charge in [0, 0.05) is 12.8 Å². The van der Waals surface area contributed by atoms with Crippen molar-refractivity contribution in [2.45, 2.75) is 168 Å². The molecule has 0 radical (unpaired) electrons. The Hall–Kier alpha value is -1.83. The van der Waals surface area contributed by atoms with Crippen molar-refractivity contribution >= 4 is 18.0 Å². The van der Waals surface area contributed by atoms with Crippen LogP contribution in [0.3, 0.4) is 0 Å². The fourth-order valence-corrected chi connectivity index (χ4v) is 4.59. The number of hydrogen-bond donors (Lipinski definition) is 2. The van der Waals surface area contributed by atoms with Crippen LogP contribution in [0.1, 0.15) is 162 Å². The second-order valence-electron chi connectivity index (χ2n) is 10.9. The molecule has 8 nitrogen and oxygen atoms in total. The molecule has 2 N–H and O–H groups in total. The highest BCUT2D eigenvalue weighted by Crippen LogP contribution is 2.14. The number of carbonyl (C=O) groups excluding carboxylic acids is 3. The molecule has 8 heteroatoms. The van der Waals surface area contributed by atoms with E-state index in [1.165, 1.54) is 96.3 Å². The van der Waals surface area contributed by atoms with E-state index in [1.807, 2.05) is 0 Å². The van der Waals surface area contributed by atoms with Gasteiger partial charge in [-0.2, -0.15) is 0 Å². The van der Waals surface area contributed by atoms with Gasteiger partial charge in [0.2, 0.25) is 0 Å². The van der Waals surface area contributed by atoms with Crippen molar-refractivity contribution in [1.82, 2.24) is 5.32 Å². The molecule has 0 aromatic rings. The average Bonchev–Trinajstić information content (AvgIpc) is 2.94. The van der Waals surface area contributed by atoms with Crippen LogP contribution in [0.15, 0.2) is 0 Å². The normalized spacial score (nSPS) is 11.7. The van der Waals surface area contributed by atoms with Crippen molar-refractivity contribution < 1.29 is 33.7 Å². The predicted molar refractivity (Wildman–Crippen MR) is 160 cm³/mol. The van der Waals surface area contributed by atoms with E-state index in [9.17, 15) is 14.4 Å². The van der Waals surface area contributed by atoms with Gasteiger partial charge in [0.25, 0.3) is 0 Å². The maximum atomic E-state index is 12.3. The van der Waals surface area contributed by atoms with Gasteiger partial charge < -0.3 is 19.3 Å². The Morgan fingerprint density at radius 1 is 0.550 bits per heavy atom. The van der Waals surface area contributed by atoms with E-state index in [2.05, 4.69) is 19.2 Å². The zero-order valence-corrected chi connectivity index (χ0v) is 25.9. The van der Waals surface area contributed by atoms with Crippen LogP contribution in [0.2, 0.25) is 0 Å². The Labute approximate surface area is 244 Å². The molecule has 236 valence electrons. The number of aliphatic hydroxyl groups is 1. The summed E-state index contributed by atoms with van der Waals surface area (Å²) >= 11 is 0. The Morgan fingerprint density at radius 3 is 1.35 bits per heavy atom. The van der Waals surface area contributed by atoms with E-state index >= 15 is 0 Å². The molecule has 1 unspecified atom stereocenters. The molecule has 0 spiro atoms. The molecule has 0 aromatic heterocycles. The van der Waals surface area contributed by atoms with Crippen molar-refractivity contribution in [3.8, 4) is 0 Å². The minimum absolute atomic E-state index is 0.160. The molecule has 0 aliphatic carbocycles. The summed E-state index contributed by atoms with van der Waals surface area (Å²) in [6, 6.07) is 0. The quantitative estimate of drug-likeness (QED) is 0.0403. The number of rotatable bonds is 29. The summed E-state index contributed by atoms with van der Waals surface area (Å²) in [6.07, 6.45) is 23.9. The van der Waals surface area contributed by atoms with E-state index in [1.54, 1.807) is 0 Å². The highest BCUT2D eigenvalue weighted by Gasteiger charge is 2.19.